The lowest BCUT2D eigenvalue weighted by atomic mass is 9.87. The molecule has 430 valence electrons. The van der Waals surface area contributed by atoms with Crippen molar-refractivity contribution in [3.8, 4) is 0 Å². The number of hydrogen-bond donors (Lipinski definition) is 3. The molecule has 80 heavy (non-hydrogen) atoms. The average Bonchev–Trinajstić information content (AvgIpc) is 3.33. The molecule has 0 aliphatic heterocycles. The highest BCUT2D eigenvalue weighted by Gasteiger charge is 2.50. The highest BCUT2D eigenvalue weighted by molar-refractivity contribution is 8.35. The van der Waals surface area contributed by atoms with Crippen LogP contribution in [0.25, 0.3) is 0 Å². The number of rotatable bonds is 11. The third-order valence-corrected chi connectivity index (χ3v) is 26.1. The minimum Gasteiger partial charge on any atom is -0.282 e. The fourth-order valence-corrected chi connectivity index (χ4v) is 23.0. The van der Waals surface area contributed by atoms with Crippen LogP contribution in [-0.4, -0.2) is 38.9 Å². The molecule has 0 aliphatic rings. The standard InChI is InChI=1S/C66H82O9S5/c1-61(2,3)44-19-31-50(32-20-44)76(51-33-21-45(22-34-51)62(4,5)6,52-35-23-46(24-36-52)63(7,8)9)58-56(78(67,68)69)43-57(79(70,71)72)59(60(58)80(73,74)75)77(53-37-25-47(26-38-53)64(10,11)12,54-39-27-48(28-40-54)65(13,14)15)55-41-29-49(30-42-55)66(16,17)18/h19-43H,1-18H3,(H,67,68,69)(H,70,71,72)(H,73,74,75). The Balaban J connectivity index is 1.96. The third-order valence-electron chi connectivity index (χ3n) is 15.0. The van der Waals surface area contributed by atoms with Crippen molar-refractivity contribution in [2.24, 2.45) is 0 Å². The molecule has 0 unspecified atom stereocenters. The molecule has 0 atom stereocenters. The molecule has 0 heterocycles. The van der Waals surface area contributed by atoms with E-state index in [2.05, 4.69) is 0 Å². The summed E-state index contributed by atoms with van der Waals surface area (Å²) < 4.78 is 128. The van der Waals surface area contributed by atoms with Crippen LogP contribution in [0.3, 0.4) is 0 Å². The molecule has 7 aromatic carbocycles. The monoisotopic (exact) mass is 1180 g/mol. The second-order valence-corrected chi connectivity index (χ2v) is 37.4. The summed E-state index contributed by atoms with van der Waals surface area (Å²) in [5, 5.41) is 0. The van der Waals surface area contributed by atoms with Gasteiger partial charge < -0.3 is 0 Å². The van der Waals surface area contributed by atoms with E-state index in [0.29, 0.717) is 35.4 Å². The van der Waals surface area contributed by atoms with Gasteiger partial charge in [-0.25, -0.2) is 0 Å². The maximum atomic E-state index is 15.9. The Hall–Kier alpha value is -5.03. The van der Waals surface area contributed by atoms with Crippen LogP contribution in [0.4, 0.5) is 0 Å². The van der Waals surface area contributed by atoms with Crippen molar-refractivity contribution in [2.45, 2.75) is 211 Å². The first-order chi connectivity index (χ1) is 36.4. The number of benzene rings is 7. The normalized spacial score (nSPS) is 14.3. The molecule has 0 saturated carbocycles. The molecule has 9 nitrogen and oxygen atoms in total. The van der Waals surface area contributed by atoms with Gasteiger partial charge in [0, 0.05) is 39.2 Å². The molecule has 14 heteroatoms. The first kappa shape index (κ1) is 62.6. The van der Waals surface area contributed by atoms with Crippen molar-refractivity contribution in [3.63, 3.8) is 0 Å². The quantitative estimate of drug-likeness (QED) is 0.107. The Labute approximate surface area is 482 Å². The van der Waals surface area contributed by atoms with E-state index in [4.69, 9.17) is 0 Å². The van der Waals surface area contributed by atoms with Crippen LogP contribution < -0.4 is 0 Å². The van der Waals surface area contributed by atoms with Gasteiger partial charge in [-0.15, -0.1) is 20.1 Å². The Morgan fingerprint density at radius 3 is 0.500 bits per heavy atom. The third kappa shape index (κ3) is 12.1. The molecular formula is C66H82O9S5. The lowest BCUT2D eigenvalue weighted by Gasteiger charge is -2.48. The van der Waals surface area contributed by atoms with E-state index >= 15 is 8.42 Å². The SMILES string of the molecule is CC(C)(C)c1ccc(S(c2ccc(C(C)(C)C)cc2)(c2ccc(C(C)(C)C)cc2)c2c(S(=O)(=O)O)cc(S(=O)(=O)O)c(S(c3ccc(C(C)(C)C)cc3)(c3ccc(C(C)(C)C)cc3)c3ccc(C(C)(C)C)cc3)c2S(=O)(=O)O)cc1. The maximum absolute atomic E-state index is 15.9. The van der Waals surface area contributed by atoms with Crippen LogP contribution in [-0.2, 0) is 62.8 Å². The van der Waals surface area contributed by atoms with Crippen LogP contribution >= 0.6 is 20.1 Å². The Bertz CT molecular complexity index is 3260. The first-order valence-electron chi connectivity index (χ1n) is 26.8. The van der Waals surface area contributed by atoms with E-state index in [1.54, 1.807) is 0 Å². The minimum atomic E-state index is -5.94. The van der Waals surface area contributed by atoms with Crippen molar-refractivity contribution in [3.05, 3.63) is 185 Å². The van der Waals surface area contributed by atoms with Crippen molar-refractivity contribution in [2.75, 3.05) is 0 Å². The van der Waals surface area contributed by atoms with Gasteiger partial charge >= 0.3 is 0 Å². The van der Waals surface area contributed by atoms with E-state index in [1.807, 2.05) is 270 Å². The zero-order valence-electron chi connectivity index (χ0n) is 49.8. The Morgan fingerprint density at radius 1 is 0.237 bits per heavy atom. The van der Waals surface area contributed by atoms with E-state index in [-0.39, 0.29) is 32.5 Å². The topological polar surface area (TPSA) is 163 Å². The first-order valence-corrected chi connectivity index (χ1v) is 34.4. The molecular weight excluding hydrogens is 1100 g/mol. The van der Waals surface area contributed by atoms with E-state index in [9.17, 15) is 30.5 Å². The van der Waals surface area contributed by atoms with Gasteiger partial charge in [-0.05, 0) is 145 Å². The smallest absolute Gasteiger partial charge is 0.282 e. The van der Waals surface area contributed by atoms with Crippen molar-refractivity contribution < 1.29 is 38.9 Å². The summed E-state index contributed by atoms with van der Waals surface area (Å²) in [6.07, 6.45) is 0. The summed E-state index contributed by atoms with van der Waals surface area (Å²) in [5.41, 5.74) is 3.04. The second-order valence-electron chi connectivity index (χ2n) is 27.2. The molecule has 0 spiro atoms. The van der Waals surface area contributed by atoms with E-state index in [1.165, 1.54) is 0 Å². The predicted octanol–water partition coefficient (Wildman–Crippen LogP) is 17.9. The molecule has 0 fully saturated rings. The molecule has 7 rings (SSSR count). The van der Waals surface area contributed by atoms with Gasteiger partial charge in [0.25, 0.3) is 30.4 Å². The summed E-state index contributed by atoms with van der Waals surface area (Å²) in [7, 11) is -24.9. The molecule has 0 aliphatic carbocycles. The van der Waals surface area contributed by atoms with E-state index in [0.717, 1.165) is 33.4 Å². The largest absolute Gasteiger partial charge is 0.296 e. The van der Waals surface area contributed by atoms with Crippen LogP contribution in [0.2, 0.25) is 0 Å². The lowest BCUT2D eigenvalue weighted by Crippen LogP contribution is -2.22. The minimum absolute atomic E-state index is 0.390. The molecule has 0 amide bonds. The van der Waals surface area contributed by atoms with Crippen LogP contribution in [0.5, 0.6) is 0 Å². The zero-order valence-corrected chi connectivity index (χ0v) is 53.8. The molecule has 0 radical (unpaired) electrons. The van der Waals surface area contributed by atoms with Crippen molar-refractivity contribution >= 4 is 50.4 Å². The zero-order chi connectivity index (χ0) is 60.0. The van der Waals surface area contributed by atoms with Gasteiger partial charge in [0.2, 0.25) is 0 Å². The summed E-state index contributed by atoms with van der Waals surface area (Å²) >= 11 is 0. The highest BCUT2D eigenvalue weighted by Crippen LogP contribution is 2.81. The van der Waals surface area contributed by atoms with Crippen molar-refractivity contribution in [1.82, 2.24) is 0 Å². The van der Waals surface area contributed by atoms with Crippen LogP contribution in [0.1, 0.15) is 158 Å². The molecule has 7 aromatic rings. The summed E-state index contributed by atoms with van der Waals surface area (Å²) in [6, 6.07) is 45.4. The maximum Gasteiger partial charge on any atom is 0.296 e. The summed E-state index contributed by atoms with van der Waals surface area (Å²) in [6.45, 7) is 36.8. The van der Waals surface area contributed by atoms with Gasteiger partial charge in [-0.3, -0.25) is 13.7 Å². The van der Waals surface area contributed by atoms with Gasteiger partial charge in [0.15, 0.2) is 0 Å². The number of hydrogen-bond acceptors (Lipinski definition) is 6. The van der Waals surface area contributed by atoms with Crippen molar-refractivity contribution in [1.29, 1.82) is 0 Å². The second kappa shape index (κ2) is 21.0. The Kier molecular flexibility index (Phi) is 16.4. The summed E-state index contributed by atoms with van der Waals surface area (Å²) in [4.78, 5) is -2.07. The molecule has 0 bridgehead atoms. The molecule has 0 aromatic heterocycles. The summed E-state index contributed by atoms with van der Waals surface area (Å²) in [5.74, 6) is 0. The van der Waals surface area contributed by atoms with Gasteiger partial charge in [-0.1, -0.05) is 197 Å². The van der Waals surface area contributed by atoms with Gasteiger partial charge in [0.1, 0.15) is 14.7 Å². The van der Waals surface area contributed by atoms with E-state index < -0.39 is 74.9 Å². The van der Waals surface area contributed by atoms with Gasteiger partial charge in [0.05, 0.1) is 0 Å². The highest BCUT2D eigenvalue weighted by atomic mass is 32.3. The Morgan fingerprint density at radius 2 is 0.388 bits per heavy atom. The fraction of sp³-hybridized carbons (Fsp3) is 0.364. The average molecular weight is 1180 g/mol. The lowest BCUT2D eigenvalue weighted by molar-refractivity contribution is 0.467. The van der Waals surface area contributed by atoms with Crippen LogP contribution in [0.15, 0.2) is 206 Å². The molecule has 0 saturated heterocycles. The van der Waals surface area contributed by atoms with Crippen LogP contribution in [0, 0.1) is 0 Å². The predicted molar refractivity (Wildman–Crippen MR) is 328 cm³/mol. The molecule has 3 N–H and O–H groups in total. The van der Waals surface area contributed by atoms with Gasteiger partial charge in [-0.2, -0.15) is 25.3 Å². The fourth-order valence-electron chi connectivity index (χ4n) is 10.3.